The third-order valence-electron chi connectivity index (χ3n) is 2.44. The van der Waals surface area contributed by atoms with Crippen LogP contribution in [0, 0.1) is 10.1 Å². The molecule has 0 fully saturated rings. The summed E-state index contributed by atoms with van der Waals surface area (Å²) in [4.78, 5) is 8.55. The first kappa shape index (κ1) is 18.8. The average molecular weight is 353 g/mol. The van der Waals surface area contributed by atoms with Gasteiger partial charge in [-0.15, -0.1) is 0 Å². The molecule has 0 aliphatic rings. The molecule has 1 rings (SSSR count). The number of halogens is 9. The number of alkyl halides is 9. The van der Waals surface area contributed by atoms with E-state index in [1.165, 1.54) is 0 Å². The predicted molar refractivity (Wildman–Crippen MR) is 57.5 cm³/mol. The molecule has 23 heavy (non-hydrogen) atoms. The first-order chi connectivity index (χ1) is 10.1. The lowest BCUT2D eigenvalue weighted by atomic mass is 9.99. The van der Waals surface area contributed by atoms with Crippen LogP contribution in [0.5, 0.6) is 0 Å². The number of rotatable bonds is 2. The lowest BCUT2D eigenvalue weighted by Crippen LogP contribution is -2.16. The third-order valence-corrected chi connectivity index (χ3v) is 2.44. The molecule has 3 nitrogen and oxygen atoms in total. The van der Waals surface area contributed by atoms with Crippen LogP contribution in [0.3, 0.4) is 0 Å². The van der Waals surface area contributed by atoms with Gasteiger partial charge in [0, 0.05) is 0 Å². The van der Waals surface area contributed by atoms with E-state index >= 15 is 0 Å². The second-order valence-corrected chi connectivity index (χ2v) is 4.12. The van der Waals surface area contributed by atoms with Gasteiger partial charge in [0.15, 0.2) is 0 Å². The van der Waals surface area contributed by atoms with E-state index in [0.29, 0.717) is 0 Å². The van der Waals surface area contributed by atoms with Gasteiger partial charge in [-0.3, -0.25) is 10.1 Å². The maximum absolute atomic E-state index is 12.7. The molecule has 1 aromatic carbocycles. The molecule has 0 spiro atoms. The Balaban J connectivity index is 3.72. The number of hydrogen-bond donors (Lipinski definition) is 0. The average Bonchev–Trinajstić information content (AvgIpc) is 2.31. The van der Waals surface area contributed by atoms with Crippen molar-refractivity contribution in [3.05, 3.63) is 51.2 Å². The van der Waals surface area contributed by atoms with Crippen LogP contribution < -0.4 is 0 Å². The quantitative estimate of drug-likeness (QED) is 0.431. The standard InChI is InChI=1S/C11H4F9NO2/c12-9(13,14)6-1-5(2-7(3-6)10(15,16)17)8(4-21(22)23)11(18,19)20/h1-4H. The van der Waals surface area contributed by atoms with E-state index in [4.69, 9.17) is 0 Å². The van der Waals surface area contributed by atoms with Crippen LogP contribution in [0.4, 0.5) is 39.5 Å². The molecular weight excluding hydrogens is 349 g/mol. The summed E-state index contributed by atoms with van der Waals surface area (Å²) in [5.41, 5.74) is -7.88. The molecule has 0 saturated heterocycles. The summed E-state index contributed by atoms with van der Waals surface area (Å²) in [6, 6.07) is -0.861. The topological polar surface area (TPSA) is 43.1 Å². The maximum Gasteiger partial charge on any atom is 0.422 e. The zero-order chi connectivity index (χ0) is 18.2. The van der Waals surface area contributed by atoms with Gasteiger partial charge in [-0.2, -0.15) is 39.5 Å². The third kappa shape index (κ3) is 4.86. The molecule has 12 heteroatoms. The van der Waals surface area contributed by atoms with Crippen LogP contribution in [0.2, 0.25) is 0 Å². The van der Waals surface area contributed by atoms with E-state index in [1.54, 1.807) is 0 Å². The van der Waals surface area contributed by atoms with Gasteiger partial charge in [0.25, 0.3) is 0 Å². The highest BCUT2D eigenvalue weighted by Gasteiger charge is 2.42. The Morgan fingerprint density at radius 1 is 0.870 bits per heavy atom. The van der Waals surface area contributed by atoms with Gasteiger partial charge in [-0.25, -0.2) is 0 Å². The molecular formula is C11H4F9NO2. The van der Waals surface area contributed by atoms with Gasteiger partial charge in [0.1, 0.15) is 5.57 Å². The smallest absolute Gasteiger partial charge is 0.259 e. The summed E-state index contributed by atoms with van der Waals surface area (Å²) in [6.45, 7) is 0. The lowest BCUT2D eigenvalue weighted by Gasteiger charge is -2.16. The Kier molecular flexibility index (Phi) is 4.69. The summed E-state index contributed by atoms with van der Waals surface area (Å²) < 4.78 is 113. The summed E-state index contributed by atoms with van der Waals surface area (Å²) in [5.74, 6) is 0. The molecule has 0 N–H and O–H groups in total. The number of hydrogen-bond acceptors (Lipinski definition) is 2. The number of allylic oxidation sites excluding steroid dienone is 1. The van der Waals surface area contributed by atoms with Gasteiger partial charge >= 0.3 is 18.5 Å². The van der Waals surface area contributed by atoms with Crippen molar-refractivity contribution >= 4 is 5.57 Å². The second-order valence-electron chi connectivity index (χ2n) is 4.12. The highest BCUT2D eigenvalue weighted by Crippen LogP contribution is 2.41. The van der Waals surface area contributed by atoms with Crippen LogP contribution >= 0.6 is 0 Å². The van der Waals surface area contributed by atoms with Gasteiger partial charge in [0.2, 0.25) is 6.20 Å². The zero-order valence-electron chi connectivity index (χ0n) is 10.5. The van der Waals surface area contributed by atoms with Gasteiger partial charge < -0.3 is 0 Å². The van der Waals surface area contributed by atoms with Crippen molar-refractivity contribution in [1.82, 2.24) is 0 Å². The van der Waals surface area contributed by atoms with Crippen molar-refractivity contribution in [1.29, 1.82) is 0 Å². The second kappa shape index (κ2) is 5.74. The van der Waals surface area contributed by atoms with E-state index in [0.717, 1.165) is 0 Å². The Bertz CT molecular complexity index is 608. The fraction of sp³-hybridized carbons (Fsp3) is 0.273. The van der Waals surface area contributed by atoms with Crippen molar-refractivity contribution < 1.29 is 44.4 Å². The molecule has 0 saturated carbocycles. The summed E-state index contributed by atoms with van der Waals surface area (Å²) in [7, 11) is 0. The fourth-order valence-corrected chi connectivity index (χ4v) is 1.53. The van der Waals surface area contributed by atoms with Crippen molar-refractivity contribution in [3.8, 4) is 0 Å². The minimum Gasteiger partial charge on any atom is -0.259 e. The largest absolute Gasteiger partial charge is 0.422 e. The monoisotopic (exact) mass is 353 g/mol. The molecule has 128 valence electrons. The van der Waals surface area contributed by atoms with Crippen LogP contribution in [-0.2, 0) is 12.4 Å². The Labute approximate surface area is 121 Å². The minimum atomic E-state index is -5.53. The molecule has 1 aromatic rings. The lowest BCUT2D eigenvalue weighted by molar-refractivity contribution is -0.402. The van der Waals surface area contributed by atoms with Crippen LogP contribution in [0.15, 0.2) is 24.4 Å². The van der Waals surface area contributed by atoms with Crippen LogP contribution in [0.1, 0.15) is 16.7 Å². The molecule has 0 unspecified atom stereocenters. The predicted octanol–water partition coefficient (Wildman–Crippen LogP) is 4.90. The van der Waals surface area contributed by atoms with Crippen molar-refractivity contribution in [3.63, 3.8) is 0 Å². The van der Waals surface area contributed by atoms with E-state index < -0.39 is 51.9 Å². The van der Waals surface area contributed by atoms with Crippen LogP contribution in [-0.4, -0.2) is 11.1 Å². The van der Waals surface area contributed by atoms with Crippen molar-refractivity contribution in [2.45, 2.75) is 18.5 Å². The van der Waals surface area contributed by atoms with Gasteiger partial charge in [-0.1, -0.05) is 0 Å². The number of nitrogens with zero attached hydrogens (tertiary/aromatic N) is 1. The molecule has 0 aliphatic carbocycles. The molecule has 0 aromatic heterocycles. The zero-order valence-corrected chi connectivity index (χ0v) is 10.5. The van der Waals surface area contributed by atoms with E-state index in [9.17, 15) is 49.6 Å². The fourth-order valence-electron chi connectivity index (χ4n) is 1.53. The SMILES string of the molecule is O=[N+]([O-])C=C(c1cc(C(F)(F)F)cc(C(F)(F)F)c1)C(F)(F)F. The molecule has 0 bridgehead atoms. The van der Waals surface area contributed by atoms with Gasteiger partial charge in [-0.05, 0) is 23.8 Å². The Hall–Kier alpha value is -2.27. The summed E-state index contributed by atoms with van der Waals surface area (Å²) in [5, 5.41) is 10.2. The number of benzene rings is 1. The molecule has 0 amide bonds. The van der Waals surface area contributed by atoms with Gasteiger partial charge in [0.05, 0.1) is 16.1 Å². The van der Waals surface area contributed by atoms with Crippen molar-refractivity contribution in [2.24, 2.45) is 0 Å². The Morgan fingerprint density at radius 2 is 1.26 bits per heavy atom. The maximum atomic E-state index is 12.7. The highest BCUT2D eigenvalue weighted by molar-refractivity contribution is 5.70. The van der Waals surface area contributed by atoms with Crippen molar-refractivity contribution in [2.75, 3.05) is 0 Å². The molecule has 0 radical (unpaired) electrons. The summed E-state index contributed by atoms with van der Waals surface area (Å²) in [6.07, 6.45) is -17.0. The molecule has 0 aliphatic heterocycles. The van der Waals surface area contributed by atoms with E-state index in [2.05, 4.69) is 0 Å². The first-order valence-electron chi connectivity index (χ1n) is 5.34. The number of nitro groups is 1. The van der Waals surface area contributed by atoms with E-state index in [-0.39, 0.29) is 18.2 Å². The highest BCUT2D eigenvalue weighted by atomic mass is 19.4. The molecule has 0 heterocycles. The van der Waals surface area contributed by atoms with Crippen LogP contribution in [0.25, 0.3) is 5.57 Å². The first-order valence-corrected chi connectivity index (χ1v) is 5.34. The summed E-state index contributed by atoms with van der Waals surface area (Å²) >= 11 is 0. The normalized spacial score (nSPS) is 14.0. The Morgan fingerprint density at radius 3 is 1.52 bits per heavy atom. The van der Waals surface area contributed by atoms with E-state index in [1.807, 2.05) is 0 Å². The minimum absolute atomic E-state index is 0.238. The molecule has 0 atom stereocenters.